The molecule has 1 aliphatic heterocycles. The molecule has 3 aliphatic carbocycles. The van der Waals surface area contributed by atoms with Crippen LogP contribution >= 0.6 is 0 Å². The van der Waals surface area contributed by atoms with E-state index in [0.29, 0.717) is 35.9 Å². The van der Waals surface area contributed by atoms with E-state index in [4.69, 9.17) is 0 Å². The van der Waals surface area contributed by atoms with E-state index in [9.17, 15) is 9.59 Å². The number of Topliss-reactive ketones (excluding diaryl/α,β-unsaturated/α-hetero) is 1. The second-order valence-electron chi connectivity index (χ2n) is 13.8. The third-order valence-corrected chi connectivity index (χ3v) is 9.87. The summed E-state index contributed by atoms with van der Waals surface area (Å²) in [6.45, 7) is 20.9. The zero-order chi connectivity index (χ0) is 23.9. The van der Waals surface area contributed by atoms with Crippen LogP contribution in [0.25, 0.3) is 0 Å². The van der Waals surface area contributed by atoms with Crippen LogP contribution in [0.5, 0.6) is 0 Å². The first kappa shape index (κ1) is 23.8. The minimum Gasteiger partial charge on any atom is -0.387 e. The lowest BCUT2D eigenvalue weighted by Crippen LogP contribution is -2.60. The van der Waals surface area contributed by atoms with Gasteiger partial charge in [0.25, 0.3) is 0 Å². The number of nitrogens with zero attached hydrogens (tertiary/aromatic N) is 1. The molecule has 4 heteroatoms. The van der Waals surface area contributed by atoms with Gasteiger partial charge in [-0.3, -0.25) is 9.59 Å². The molecular weight excluding hydrogens is 396 g/mol. The Morgan fingerprint density at radius 1 is 0.969 bits per heavy atom. The SMILES string of the molecule is CC1=C2NC[C@H]3[C@@H]4CC[C@H](C(=O)N(C(C)(C)C)C(C)(C)C)[C@@]4(C)CC[C@@H]3[C@@]2(C)CCC1=O. The fraction of sp³-hybridized carbons (Fsp3) is 0.857. The van der Waals surface area contributed by atoms with Gasteiger partial charge >= 0.3 is 0 Å². The standard InChI is InChI=1S/C28H46N2O2/c1-17-22(31)13-15-28(9)20-12-14-27(8)19(18(20)16-29-23(17)28)10-11-21(27)24(32)30(25(2,3)4)26(5,6)7/h18-21,29H,10-16H2,1-9H3/t18-,19-,20-,21+,27-,28+/m0/s1. The number of allylic oxidation sites excluding steroid dienone is 2. The Morgan fingerprint density at radius 3 is 2.19 bits per heavy atom. The molecule has 0 spiro atoms. The zero-order valence-electron chi connectivity index (χ0n) is 22.0. The van der Waals surface area contributed by atoms with Crippen molar-refractivity contribution in [2.24, 2.45) is 34.5 Å². The van der Waals surface area contributed by atoms with E-state index < -0.39 is 0 Å². The Labute approximate surface area is 196 Å². The molecule has 32 heavy (non-hydrogen) atoms. The molecule has 1 amide bonds. The molecule has 1 saturated heterocycles. The molecule has 1 heterocycles. The summed E-state index contributed by atoms with van der Waals surface area (Å²) in [5.74, 6) is 2.60. The summed E-state index contributed by atoms with van der Waals surface area (Å²) < 4.78 is 0. The highest BCUT2D eigenvalue weighted by Crippen LogP contribution is 2.65. The maximum absolute atomic E-state index is 14.1. The van der Waals surface area contributed by atoms with Gasteiger partial charge in [0.1, 0.15) is 0 Å². The lowest BCUT2D eigenvalue weighted by atomic mass is 9.49. The number of carbonyl (C=O) groups excluding carboxylic acids is 2. The summed E-state index contributed by atoms with van der Waals surface area (Å²) in [5, 5.41) is 3.75. The normalized spacial score (nSPS) is 39.7. The van der Waals surface area contributed by atoms with Crippen LogP contribution in [0.2, 0.25) is 0 Å². The quantitative estimate of drug-likeness (QED) is 0.565. The van der Waals surface area contributed by atoms with E-state index in [1.807, 2.05) is 6.92 Å². The zero-order valence-corrected chi connectivity index (χ0v) is 22.0. The molecular formula is C28H46N2O2. The molecule has 4 rings (SSSR count). The lowest BCUT2D eigenvalue weighted by molar-refractivity contribution is -0.154. The summed E-state index contributed by atoms with van der Waals surface area (Å²) in [6.07, 6.45) is 6.14. The molecule has 0 radical (unpaired) electrons. The molecule has 180 valence electrons. The van der Waals surface area contributed by atoms with Crippen molar-refractivity contribution in [3.8, 4) is 0 Å². The Kier molecular flexibility index (Phi) is 5.46. The maximum atomic E-state index is 14.1. The van der Waals surface area contributed by atoms with Gasteiger partial charge in [-0.15, -0.1) is 0 Å². The van der Waals surface area contributed by atoms with Gasteiger partial charge in [-0.2, -0.15) is 0 Å². The van der Waals surface area contributed by atoms with Crippen LogP contribution in [0.4, 0.5) is 0 Å². The van der Waals surface area contributed by atoms with Gasteiger partial charge in [0, 0.05) is 46.6 Å². The average molecular weight is 443 g/mol. The van der Waals surface area contributed by atoms with E-state index in [0.717, 1.165) is 37.8 Å². The molecule has 0 aromatic rings. The van der Waals surface area contributed by atoms with Crippen molar-refractivity contribution in [1.82, 2.24) is 10.2 Å². The molecule has 4 nitrogen and oxygen atoms in total. The second kappa shape index (κ2) is 7.34. The van der Waals surface area contributed by atoms with Gasteiger partial charge in [-0.1, -0.05) is 13.8 Å². The van der Waals surface area contributed by atoms with Crippen LogP contribution < -0.4 is 5.32 Å². The number of carbonyl (C=O) groups is 2. The summed E-state index contributed by atoms with van der Waals surface area (Å²) in [4.78, 5) is 28.7. The number of amides is 1. The van der Waals surface area contributed by atoms with E-state index in [1.54, 1.807) is 0 Å². The Morgan fingerprint density at radius 2 is 1.59 bits per heavy atom. The maximum Gasteiger partial charge on any atom is 0.227 e. The topological polar surface area (TPSA) is 49.4 Å². The highest BCUT2D eigenvalue weighted by Gasteiger charge is 2.61. The van der Waals surface area contributed by atoms with Crippen molar-refractivity contribution < 1.29 is 9.59 Å². The highest BCUT2D eigenvalue weighted by molar-refractivity contribution is 5.96. The van der Waals surface area contributed by atoms with Crippen LogP contribution in [-0.4, -0.2) is 34.2 Å². The van der Waals surface area contributed by atoms with Crippen molar-refractivity contribution in [1.29, 1.82) is 0 Å². The Bertz CT molecular complexity index is 830. The van der Waals surface area contributed by atoms with Gasteiger partial charge in [0.05, 0.1) is 0 Å². The summed E-state index contributed by atoms with van der Waals surface area (Å²) in [7, 11) is 0. The minimum absolute atomic E-state index is 0.0752. The average Bonchev–Trinajstić information content (AvgIpc) is 3.00. The van der Waals surface area contributed by atoms with Gasteiger partial charge in [0.15, 0.2) is 5.78 Å². The van der Waals surface area contributed by atoms with Crippen molar-refractivity contribution in [2.75, 3.05) is 6.54 Å². The van der Waals surface area contributed by atoms with Gasteiger partial charge in [0.2, 0.25) is 5.91 Å². The fourth-order valence-corrected chi connectivity index (χ4v) is 8.77. The predicted octanol–water partition coefficient (Wildman–Crippen LogP) is 5.72. The Hall–Kier alpha value is -1.32. The minimum atomic E-state index is -0.188. The highest BCUT2D eigenvalue weighted by atomic mass is 16.2. The van der Waals surface area contributed by atoms with E-state index in [1.165, 1.54) is 12.1 Å². The number of rotatable bonds is 1. The number of hydrogen-bond acceptors (Lipinski definition) is 3. The van der Waals surface area contributed by atoms with Crippen molar-refractivity contribution in [3.05, 3.63) is 11.3 Å². The third-order valence-electron chi connectivity index (χ3n) is 9.87. The monoisotopic (exact) mass is 442 g/mol. The number of ketones is 1. The molecule has 1 N–H and O–H groups in total. The first-order chi connectivity index (χ1) is 14.6. The molecule has 0 unspecified atom stereocenters. The van der Waals surface area contributed by atoms with E-state index >= 15 is 0 Å². The summed E-state index contributed by atoms with van der Waals surface area (Å²) in [6, 6.07) is 0. The molecule has 3 fully saturated rings. The van der Waals surface area contributed by atoms with Crippen LogP contribution in [0.15, 0.2) is 11.3 Å². The predicted molar refractivity (Wildman–Crippen MR) is 130 cm³/mol. The summed E-state index contributed by atoms with van der Waals surface area (Å²) in [5.41, 5.74) is 1.99. The first-order valence-corrected chi connectivity index (χ1v) is 12.9. The number of piperidine rings is 1. The molecule has 0 aromatic heterocycles. The largest absolute Gasteiger partial charge is 0.387 e. The molecule has 0 aromatic carbocycles. The smallest absolute Gasteiger partial charge is 0.227 e. The van der Waals surface area contributed by atoms with E-state index in [-0.39, 0.29) is 27.8 Å². The lowest BCUT2D eigenvalue weighted by Gasteiger charge is -2.59. The van der Waals surface area contributed by atoms with Crippen LogP contribution in [0.1, 0.15) is 101 Å². The fourth-order valence-electron chi connectivity index (χ4n) is 8.77. The van der Waals surface area contributed by atoms with Crippen molar-refractivity contribution in [2.45, 2.75) is 112 Å². The number of nitrogens with one attached hydrogen (secondary N) is 1. The van der Waals surface area contributed by atoms with Crippen LogP contribution in [-0.2, 0) is 9.59 Å². The van der Waals surface area contributed by atoms with Crippen LogP contribution in [0, 0.1) is 34.5 Å². The van der Waals surface area contributed by atoms with E-state index in [2.05, 4.69) is 65.6 Å². The number of fused-ring (bicyclic) bond motifs is 5. The summed E-state index contributed by atoms with van der Waals surface area (Å²) >= 11 is 0. The van der Waals surface area contributed by atoms with Gasteiger partial charge in [-0.25, -0.2) is 0 Å². The van der Waals surface area contributed by atoms with Crippen molar-refractivity contribution >= 4 is 11.7 Å². The second-order valence-corrected chi connectivity index (χ2v) is 13.8. The van der Waals surface area contributed by atoms with Gasteiger partial charge < -0.3 is 10.2 Å². The molecule has 0 bridgehead atoms. The van der Waals surface area contributed by atoms with Crippen molar-refractivity contribution in [3.63, 3.8) is 0 Å². The molecule has 6 atom stereocenters. The first-order valence-electron chi connectivity index (χ1n) is 12.9. The molecule has 2 saturated carbocycles. The third kappa shape index (κ3) is 3.38. The van der Waals surface area contributed by atoms with Gasteiger partial charge in [-0.05, 0) is 104 Å². The number of hydrogen-bond donors (Lipinski definition) is 1. The Balaban J connectivity index is 1.64. The molecule has 4 aliphatic rings. The van der Waals surface area contributed by atoms with Crippen LogP contribution in [0.3, 0.4) is 0 Å².